The Morgan fingerprint density at radius 2 is 1.09 bits per heavy atom. The van der Waals surface area contributed by atoms with E-state index in [1.807, 2.05) is 66.7 Å². The summed E-state index contributed by atoms with van der Waals surface area (Å²) in [5.74, 6) is -0.0844. The van der Waals surface area contributed by atoms with E-state index in [9.17, 15) is 5.11 Å². The Hall–Kier alpha value is -2.64. The second-order valence-electron chi connectivity index (χ2n) is 5.56. The minimum atomic E-state index is -0.571. The molecular formula is C22H20O. The maximum Gasteiger partial charge on any atom is 0.0893 e. The first-order valence-corrected chi connectivity index (χ1v) is 7.86. The van der Waals surface area contributed by atoms with Crippen LogP contribution in [-0.2, 0) is 0 Å². The fourth-order valence-corrected chi connectivity index (χ4v) is 2.71. The van der Waals surface area contributed by atoms with Gasteiger partial charge in [-0.05, 0) is 16.7 Å². The molecule has 2 atom stereocenters. The molecule has 0 saturated carbocycles. The largest absolute Gasteiger partial charge is 0.387 e. The van der Waals surface area contributed by atoms with Crippen molar-refractivity contribution in [3.05, 3.63) is 114 Å². The van der Waals surface area contributed by atoms with Crippen LogP contribution < -0.4 is 0 Å². The van der Waals surface area contributed by atoms with E-state index in [0.29, 0.717) is 0 Å². The lowest BCUT2D eigenvalue weighted by molar-refractivity contribution is 0.162. The van der Waals surface area contributed by atoms with Gasteiger partial charge in [0.2, 0.25) is 0 Å². The number of hydrogen-bond acceptors (Lipinski definition) is 1. The third-order valence-corrected chi connectivity index (χ3v) is 3.96. The number of aliphatic hydroxyl groups is 1. The summed E-state index contributed by atoms with van der Waals surface area (Å²) >= 11 is 0. The number of rotatable bonds is 5. The molecule has 0 radical (unpaired) electrons. The van der Waals surface area contributed by atoms with E-state index in [4.69, 9.17) is 0 Å². The first-order valence-electron chi connectivity index (χ1n) is 7.86. The predicted octanol–water partition coefficient (Wildman–Crippen LogP) is 5.22. The molecule has 0 aliphatic rings. The van der Waals surface area contributed by atoms with Crippen LogP contribution in [0.5, 0.6) is 0 Å². The van der Waals surface area contributed by atoms with Gasteiger partial charge in [-0.25, -0.2) is 0 Å². The highest BCUT2D eigenvalue weighted by atomic mass is 16.3. The summed E-state index contributed by atoms with van der Waals surface area (Å²) in [6.07, 6.45) is 3.59. The van der Waals surface area contributed by atoms with E-state index in [2.05, 4.69) is 36.4 Å². The highest BCUT2D eigenvalue weighted by molar-refractivity contribution is 5.51. The molecule has 0 aliphatic heterocycles. The van der Waals surface area contributed by atoms with Gasteiger partial charge in [-0.2, -0.15) is 0 Å². The fourth-order valence-electron chi connectivity index (χ4n) is 2.71. The summed E-state index contributed by atoms with van der Waals surface area (Å²) in [5, 5.41) is 10.9. The van der Waals surface area contributed by atoms with Gasteiger partial charge >= 0.3 is 0 Å². The Bertz CT molecular complexity index is 733. The van der Waals surface area contributed by atoms with Crippen molar-refractivity contribution < 1.29 is 5.11 Å². The maximum absolute atomic E-state index is 10.9. The third-order valence-electron chi connectivity index (χ3n) is 3.96. The minimum Gasteiger partial charge on any atom is -0.387 e. The molecule has 114 valence electrons. The van der Waals surface area contributed by atoms with Crippen LogP contribution in [0.2, 0.25) is 0 Å². The Kier molecular flexibility index (Phi) is 5.02. The molecule has 1 N–H and O–H groups in total. The fraction of sp³-hybridized carbons (Fsp3) is 0.0909. The van der Waals surface area contributed by atoms with Crippen molar-refractivity contribution in [3.8, 4) is 0 Å². The quantitative estimate of drug-likeness (QED) is 0.685. The SMILES string of the molecule is O[C@H](c1ccccc1)[C@H](C=Cc1ccccc1)c1ccccc1. The number of aliphatic hydroxyl groups excluding tert-OH is 1. The predicted molar refractivity (Wildman–Crippen MR) is 96.1 cm³/mol. The van der Waals surface area contributed by atoms with Gasteiger partial charge in [-0.15, -0.1) is 0 Å². The van der Waals surface area contributed by atoms with Gasteiger partial charge in [-0.3, -0.25) is 0 Å². The lowest BCUT2D eigenvalue weighted by atomic mass is 9.88. The summed E-state index contributed by atoms with van der Waals surface area (Å²) in [4.78, 5) is 0. The Morgan fingerprint density at radius 1 is 0.609 bits per heavy atom. The molecule has 3 rings (SSSR count). The molecule has 1 nitrogen and oxygen atoms in total. The Morgan fingerprint density at radius 3 is 1.65 bits per heavy atom. The van der Waals surface area contributed by atoms with Crippen LogP contribution in [0.4, 0.5) is 0 Å². The monoisotopic (exact) mass is 300 g/mol. The minimum absolute atomic E-state index is 0.0844. The molecule has 0 amide bonds. The lowest BCUT2D eigenvalue weighted by Crippen LogP contribution is -2.08. The van der Waals surface area contributed by atoms with E-state index in [1.165, 1.54) is 0 Å². The number of hydrogen-bond donors (Lipinski definition) is 1. The van der Waals surface area contributed by atoms with E-state index >= 15 is 0 Å². The van der Waals surface area contributed by atoms with Crippen LogP contribution in [-0.4, -0.2) is 5.11 Å². The zero-order chi connectivity index (χ0) is 15.9. The maximum atomic E-state index is 10.9. The second kappa shape index (κ2) is 7.57. The van der Waals surface area contributed by atoms with Crippen LogP contribution in [0.25, 0.3) is 6.08 Å². The van der Waals surface area contributed by atoms with Gasteiger partial charge in [0, 0.05) is 5.92 Å². The topological polar surface area (TPSA) is 20.2 Å². The molecule has 0 fully saturated rings. The van der Waals surface area contributed by atoms with Gasteiger partial charge in [0.05, 0.1) is 6.10 Å². The highest BCUT2D eigenvalue weighted by Gasteiger charge is 2.19. The molecule has 3 aromatic carbocycles. The molecule has 3 aromatic rings. The summed E-state index contributed by atoms with van der Waals surface area (Å²) in [5.41, 5.74) is 3.17. The summed E-state index contributed by atoms with van der Waals surface area (Å²) in [6.45, 7) is 0. The van der Waals surface area contributed by atoms with E-state index in [-0.39, 0.29) is 5.92 Å². The average Bonchev–Trinajstić information content (AvgIpc) is 2.64. The molecule has 0 saturated heterocycles. The van der Waals surface area contributed by atoms with Crippen LogP contribution in [0, 0.1) is 0 Å². The molecule has 0 spiro atoms. The van der Waals surface area contributed by atoms with Crippen molar-refractivity contribution in [1.82, 2.24) is 0 Å². The van der Waals surface area contributed by atoms with Crippen LogP contribution in [0.1, 0.15) is 28.7 Å². The zero-order valence-electron chi connectivity index (χ0n) is 12.9. The van der Waals surface area contributed by atoms with Crippen molar-refractivity contribution in [2.24, 2.45) is 0 Å². The summed E-state index contributed by atoms with van der Waals surface area (Å²) in [7, 11) is 0. The van der Waals surface area contributed by atoms with Gasteiger partial charge < -0.3 is 5.11 Å². The van der Waals surface area contributed by atoms with Crippen molar-refractivity contribution in [2.45, 2.75) is 12.0 Å². The molecule has 0 aliphatic carbocycles. The van der Waals surface area contributed by atoms with Gasteiger partial charge in [0.25, 0.3) is 0 Å². The molecule has 1 heteroatoms. The van der Waals surface area contributed by atoms with E-state index in [0.717, 1.165) is 16.7 Å². The summed E-state index contributed by atoms with van der Waals surface area (Å²) in [6, 6.07) is 30.1. The molecule has 0 aromatic heterocycles. The second-order valence-corrected chi connectivity index (χ2v) is 5.56. The first-order chi connectivity index (χ1) is 11.3. The smallest absolute Gasteiger partial charge is 0.0893 e. The van der Waals surface area contributed by atoms with Crippen molar-refractivity contribution in [3.63, 3.8) is 0 Å². The summed E-state index contributed by atoms with van der Waals surface area (Å²) < 4.78 is 0. The standard InChI is InChI=1S/C22H20O/c23-22(20-14-8-3-9-15-20)21(19-12-6-2-7-13-19)17-16-18-10-4-1-5-11-18/h1-17,21-23H/t21-,22-/m1/s1. The van der Waals surface area contributed by atoms with Gasteiger partial charge in [0.15, 0.2) is 0 Å². The highest BCUT2D eigenvalue weighted by Crippen LogP contribution is 2.32. The van der Waals surface area contributed by atoms with Crippen molar-refractivity contribution in [2.75, 3.05) is 0 Å². The molecule has 0 heterocycles. The lowest BCUT2D eigenvalue weighted by Gasteiger charge is -2.21. The number of benzene rings is 3. The van der Waals surface area contributed by atoms with Crippen LogP contribution in [0.15, 0.2) is 97.1 Å². The van der Waals surface area contributed by atoms with Gasteiger partial charge in [-0.1, -0.05) is 103 Å². The molecule has 23 heavy (non-hydrogen) atoms. The van der Waals surface area contributed by atoms with E-state index in [1.54, 1.807) is 0 Å². The molecular weight excluding hydrogens is 280 g/mol. The normalized spacial score (nSPS) is 13.8. The Balaban J connectivity index is 1.93. The van der Waals surface area contributed by atoms with Crippen LogP contribution >= 0.6 is 0 Å². The molecule has 0 bridgehead atoms. The first kappa shape index (κ1) is 15.3. The van der Waals surface area contributed by atoms with Crippen molar-refractivity contribution in [1.29, 1.82) is 0 Å². The van der Waals surface area contributed by atoms with E-state index < -0.39 is 6.10 Å². The Labute approximate surface area is 137 Å². The van der Waals surface area contributed by atoms with Crippen molar-refractivity contribution >= 4 is 6.08 Å². The average molecular weight is 300 g/mol. The molecule has 0 unspecified atom stereocenters. The zero-order valence-corrected chi connectivity index (χ0v) is 12.9. The van der Waals surface area contributed by atoms with Crippen LogP contribution in [0.3, 0.4) is 0 Å². The third kappa shape index (κ3) is 3.97. The van der Waals surface area contributed by atoms with Gasteiger partial charge in [0.1, 0.15) is 0 Å².